The Balaban J connectivity index is 1.99. The summed E-state index contributed by atoms with van der Waals surface area (Å²) in [4.78, 5) is 0.608. The Labute approximate surface area is 135 Å². The van der Waals surface area contributed by atoms with Crippen molar-refractivity contribution in [3.8, 4) is 5.75 Å². The molecule has 6 nitrogen and oxygen atoms in total. The van der Waals surface area contributed by atoms with Gasteiger partial charge in [0.05, 0.1) is 11.0 Å². The summed E-state index contributed by atoms with van der Waals surface area (Å²) in [6.45, 7) is 0. The summed E-state index contributed by atoms with van der Waals surface area (Å²) < 4.78 is 8.76. The van der Waals surface area contributed by atoms with E-state index in [1.165, 1.54) is 18.0 Å². The first-order valence-electron chi connectivity index (χ1n) is 6.59. The Kier molecular flexibility index (Phi) is 5.89. The highest BCUT2D eigenvalue weighted by Gasteiger charge is 2.24. The summed E-state index contributed by atoms with van der Waals surface area (Å²) in [5, 5.41) is 36.3. The molecule has 0 aliphatic heterocycles. The molecule has 0 radical (unpaired) electrons. The minimum absolute atomic E-state index is 0.152. The predicted molar refractivity (Wildman–Crippen MR) is 81.4 cm³/mol. The molecule has 0 spiro atoms. The fraction of sp³-hybridized carbons (Fsp3) is 0.538. The molecule has 1 aromatic rings. The van der Waals surface area contributed by atoms with Gasteiger partial charge >= 0.3 is 6.16 Å². The van der Waals surface area contributed by atoms with Crippen molar-refractivity contribution in [1.29, 1.82) is 0 Å². The van der Waals surface area contributed by atoms with E-state index in [9.17, 15) is 5.11 Å². The van der Waals surface area contributed by atoms with Crippen molar-refractivity contribution in [3.05, 3.63) is 22.7 Å². The Bertz CT molecular complexity index is 474. The quantitative estimate of drug-likeness (QED) is 0.388. The number of benzene rings is 1. The van der Waals surface area contributed by atoms with Crippen LogP contribution in [0, 0.1) is 0 Å². The van der Waals surface area contributed by atoms with E-state index in [0.717, 1.165) is 30.2 Å². The monoisotopic (exact) mass is 379 g/mol. The fourth-order valence-electron chi connectivity index (χ4n) is 2.13. The maximum absolute atomic E-state index is 9.48. The van der Waals surface area contributed by atoms with Crippen LogP contribution < -0.4 is 9.46 Å². The molecule has 1 aromatic carbocycles. The summed E-state index contributed by atoms with van der Waals surface area (Å²) in [5.74, 6) is 0.152. The van der Waals surface area contributed by atoms with Crippen LogP contribution in [0.15, 0.2) is 27.6 Å². The lowest BCUT2D eigenvalue weighted by atomic mass is 9.94. The highest BCUT2D eigenvalue weighted by molar-refractivity contribution is 9.10. The number of ether oxygens (including phenoxy) is 1. The van der Waals surface area contributed by atoms with E-state index in [1.54, 1.807) is 12.1 Å². The molecular formula is C13H18BrNO5S. The Morgan fingerprint density at radius 2 is 1.86 bits per heavy atom. The number of halogens is 1. The summed E-state index contributed by atoms with van der Waals surface area (Å²) >= 11 is 4.62. The van der Waals surface area contributed by atoms with E-state index < -0.39 is 6.16 Å². The van der Waals surface area contributed by atoms with Crippen molar-refractivity contribution in [2.45, 2.75) is 48.9 Å². The van der Waals surface area contributed by atoms with Crippen molar-refractivity contribution < 1.29 is 25.2 Å². The summed E-state index contributed by atoms with van der Waals surface area (Å²) in [6, 6.07) is 5.21. The van der Waals surface area contributed by atoms with Crippen molar-refractivity contribution in [1.82, 2.24) is 4.72 Å². The first kappa shape index (κ1) is 17.0. The van der Waals surface area contributed by atoms with Crippen molar-refractivity contribution in [2.24, 2.45) is 0 Å². The second-order valence-corrected chi connectivity index (χ2v) is 6.79. The third kappa shape index (κ3) is 5.74. The lowest BCUT2D eigenvalue weighted by molar-refractivity contribution is -0.420. The van der Waals surface area contributed by atoms with Crippen LogP contribution in [-0.2, 0) is 0 Å². The number of aliphatic hydroxyl groups excluding tert-OH is 1. The molecular weight excluding hydrogens is 362 g/mol. The van der Waals surface area contributed by atoms with Crippen LogP contribution in [0.5, 0.6) is 5.75 Å². The molecule has 0 bridgehead atoms. The highest BCUT2D eigenvalue weighted by atomic mass is 79.9. The van der Waals surface area contributed by atoms with Gasteiger partial charge in [0.1, 0.15) is 5.75 Å². The van der Waals surface area contributed by atoms with E-state index in [4.69, 9.17) is 15.3 Å². The molecule has 1 saturated carbocycles. The average molecular weight is 380 g/mol. The SMILES string of the molecule is OC1CCC(NSc2cc(Br)ccc2OC(O)(O)O)CC1. The number of rotatable bonds is 5. The maximum Gasteiger partial charge on any atom is 0.453 e. The van der Waals surface area contributed by atoms with Crippen LogP contribution in [0.25, 0.3) is 0 Å². The first-order valence-corrected chi connectivity index (χ1v) is 8.20. The number of aliphatic hydroxyl groups is 4. The van der Waals surface area contributed by atoms with Crippen LogP contribution in [0.4, 0.5) is 0 Å². The van der Waals surface area contributed by atoms with Gasteiger partial charge in [0.2, 0.25) is 0 Å². The minimum atomic E-state index is -3.21. The smallest absolute Gasteiger partial charge is 0.416 e. The predicted octanol–water partition coefficient (Wildman–Crippen LogP) is 1.32. The van der Waals surface area contributed by atoms with E-state index >= 15 is 0 Å². The molecule has 0 atom stereocenters. The zero-order valence-electron chi connectivity index (χ0n) is 11.2. The molecule has 0 saturated heterocycles. The number of hydrogen-bond acceptors (Lipinski definition) is 7. The molecule has 0 unspecified atom stereocenters. The highest BCUT2D eigenvalue weighted by Crippen LogP contribution is 2.33. The third-order valence-electron chi connectivity index (χ3n) is 3.18. The Morgan fingerprint density at radius 3 is 2.48 bits per heavy atom. The van der Waals surface area contributed by atoms with E-state index in [2.05, 4.69) is 25.4 Å². The van der Waals surface area contributed by atoms with Gasteiger partial charge in [0, 0.05) is 10.5 Å². The second kappa shape index (κ2) is 7.28. The number of hydrogen-bond donors (Lipinski definition) is 5. The van der Waals surface area contributed by atoms with Gasteiger partial charge in [0.25, 0.3) is 0 Å². The van der Waals surface area contributed by atoms with Crippen LogP contribution >= 0.6 is 27.9 Å². The second-order valence-electron chi connectivity index (χ2n) is 4.99. The fourth-order valence-corrected chi connectivity index (χ4v) is 3.57. The third-order valence-corrected chi connectivity index (χ3v) is 4.67. The molecule has 0 amide bonds. The summed E-state index contributed by atoms with van der Waals surface area (Å²) in [7, 11) is 0. The van der Waals surface area contributed by atoms with Crippen molar-refractivity contribution in [3.63, 3.8) is 0 Å². The minimum Gasteiger partial charge on any atom is -0.416 e. The summed E-state index contributed by atoms with van der Waals surface area (Å²) in [5.41, 5.74) is 0. The Hall–Kier alpha value is -0.350. The molecule has 118 valence electrons. The zero-order valence-corrected chi connectivity index (χ0v) is 13.6. The lowest BCUT2D eigenvalue weighted by Crippen LogP contribution is -2.35. The molecule has 1 fully saturated rings. The number of nitrogens with one attached hydrogen (secondary N) is 1. The average Bonchev–Trinajstić information content (AvgIpc) is 2.39. The van der Waals surface area contributed by atoms with Crippen LogP contribution in [0.1, 0.15) is 25.7 Å². The van der Waals surface area contributed by atoms with Crippen molar-refractivity contribution in [2.75, 3.05) is 0 Å². The van der Waals surface area contributed by atoms with E-state index in [0.29, 0.717) is 4.90 Å². The molecule has 8 heteroatoms. The largest absolute Gasteiger partial charge is 0.453 e. The van der Waals surface area contributed by atoms with Crippen molar-refractivity contribution >= 4 is 27.9 Å². The topological polar surface area (TPSA) is 102 Å². The molecule has 0 aromatic heterocycles. The molecule has 1 aliphatic carbocycles. The van der Waals surface area contributed by atoms with Gasteiger partial charge < -0.3 is 25.2 Å². The van der Waals surface area contributed by atoms with Gasteiger partial charge in [-0.25, -0.2) is 0 Å². The molecule has 1 aliphatic rings. The van der Waals surface area contributed by atoms with Gasteiger partial charge in [-0.05, 0) is 55.8 Å². The van der Waals surface area contributed by atoms with Gasteiger partial charge in [-0.1, -0.05) is 15.9 Å². The molecule has 5 N–H and O–H groups in total. The lowest BCUT2D eigenvalue weighted by Gasteiger charge is -2.26. The normalized spacial score (nSPS) is 23.1. The van der Waals surface area contributed by atoms with E-state index in [-0.39, 0.29) is 17.9 Å². The molecule has 0 heterocycles. The van der Waals surface area contributed by atoms with Crippen LogP contribution in [-0.4, -0.2) is 38.7 Å². The van der Waals surface area contributed by atoms with Gasteiger partial charge in [-0.2, -0.15) is 0 Å². The van der Waals surface area contributed by atoms with Crippen LogP contribution in [0.2, 0.25) is 0 Å². The Morgan fingerprint density at radius 1 is 1.19 bits per heavy atom. The first-order chi connectivity index (χ1) is 9.83. The molecule has 21 heavy (non-hydrogen) atoms. The van der Waals surface area contributed by atoms with Crippen LogP contribution in [0.3, 0.4) is 0 Å². The van der Waals surface area contributed by atoms with Gasteiger partial charge in [-0.3, -0.25) is 4.72 Å². The van der Waals surface area contributed by atoms with Gasteiger partial charge in [0.15, 0.2) is 0 Å². The zero-order chi connectivity index (χ0) is 15.5. The molecule has 2 rings (SSSR count). The van der Waals surface area contributed by atoms with E-state index in [1.807, 2.05) is 0 Å². The standard InChI is InChI=1S/C13H18BrNO5S/c14-8-1-6-11(20-13(17,18)19)12(7-8)21-15-9-2-4-10(16)5-3-9/h1,6-7,9-10,15-19H,2-5H2. The summed E-state index contributed by atoms with van der Waals surface area (Å²) in [6.07, 6.45) is -0.125. The van der Waals surface area contributed by atoms with Gasteiger partial charge in [-0.15, -0.1) is 0 Å². The maximum atomic E-state index is 9.48.